The number of morpholine rings is 1. The van der Waals surface area contributed by atoms with Crippen LogP contribution in [0.3, 0.4) is 0 Å². The molecule has 1 aromatic rings. The summed E-state index contributed by atoms with van der Waals surface area (Å²) in [5, 5.41) is 17.2. The average Bonchev–Trinajstić information content (AvgIpc) is 2.73. The van der Waals surface area contributed by atoms with Crippen molar-refractivity contribution in [3.8, 4) is 0 Å². The van der Waals surface area contributed by atoms with Crippen molar-refractivity contribution < 1.29 is 14.2 Å². The highest BCUT2D eigenvalue weighted by Crippen LogP contribution is 2.22. The number of rotatable bonds is 9. The smallest absolute Gasteiger partial charge is 0.191 e. The first-order valence-electron chi connectivity index (χ1n) is 10.3. The van der Waals surface area contributed by atoms with Crippen LogP contribution in [0.15, 0.2) is 29.3 Å². The summed E-state index contributed by atoms with van der Waals surface area (Å²) in [6.45, 7) is 10.8. The first-order valence-corrected chi connectivity index (χ1v) is 10.3. The van der Waals surface area contributed by atoms with Gasteiger partial charge in [-0.05, 0) is 37.5 Å². The van der Waals surface area contributed by atoms with Gasteiger partial charge >= 0.3 is 0 Å². The van der Waals surface area contributed by atoms with E-state index in [1.807, 2.05) is 32.9 Å². The molecule has 166 valence electrons. The standard InChI is InChI=1S/C21H35FN4O2.HI/c1-4-21(27,5-2)16-25-20(23-6-3)24-15-19(26-11-13-28-14-12-26)17-7-9-18(22)10-8-17;/h7-10,19,27H,4-6,11-16H2,1-3H3,(H2,23,24,25);1H. The summed E-state index contributed by atoms with van der Waals surface area (Å²) in [6, 6.07) is 6.78. The summed E-state index contributed by atoms with van der Waals surface area (Å²) in [5.74, 6) is 0.453. The van der Waals surface area contributed by atoms with E-state index >= 15 is 0 Å². The summed E-state index contributed by atoms with van der Waals surface area (Å²) < 4.78 is 18.9. The van der Waals surface area contributed by atoms with E-state index in [0.717, 1.165) is 25.2 Å². The Kier molecular flexibility index (Phi) is 12.0. The molecule has 1 atom stereocenters. The Bertz CT molecular complexity index is 605. The molecule has 8 heteroatoms. The third-order valence-electron chi connectivity index (χ3n) is 5.40. The van der Waals surface area contributed by atoms with E-state index in [0.29, 0.717) is 45.1 Å². The van der Waals surface area contributed by atoms with Gasteiger partial charge in [0, 0.05) is 26.2 Å². The monoisotopic (exact) mass is 522 g/mol. The molecule has 1 aliphatic rings. The summed E-state index contributed by atoms with van der Waals surface area (Å²) in [7, 11) is 0. The molecule has 3 N–H and O–H groups in total. The maximum Gasteiger partial charge on any atom is 0.191 e. The van der Waals surface area contributed by atoms with Crippen molar-refractivity contribution >= 4 is 29.9 Å². The summed E-state index contributed by atoms with van der Waals surface area (Å²) >= 11 is 0. The number of hydrogen-bond donors (Lipinski definition) is 3. The fourth-order valence-corrected chi connectivity index (χ4v) is 3.27. The zero-order valence-corrected chi connectivity index (χ0v) is 20.1. The molecule has 0 aliphatic carbocycles. The van der Waals surface area contributed by atoms with Gasteiger partial charge in [-0.15, -0.1) is 24.0 Å². The van der Waals surface area contributed by atoms with Crippen molar-refractivity contribution in [1.29, 1.82) is 0 Å². The van der Waals surface area contributed by atoms with Crippen molar-refractivity contribution in [3.05, 3.63) is 35.6 Å². The third kappa shape index (κ3) is 8.35. The zero-order valence-electron chi connectivity index (χ0n) is 17.8. The normalized spacial score (nSPS) is 16.8. The second-order valence-corrected chi connectivity index (χ2v) is 7.22. The second-order valence-electron chi connectivity index (χ2n) is 7.22. The molecule has 1 heterocycles. The molecule has 29 heavy (non-hydrogen) atoms. The highest BCUT2D eigenvalue weighted by molar-refractivity contribution is 14.0. The summed E-state index contributed by atoms with van der Waals surface area (Å²) in [5.41, 5.74) is 0.286. The lowest BCUT2D eigenvalue weighted by atomic mass is 9.98. The first-order chi connectivity index (χ1) is 13.5. The SMILES string of the molecule is CCNC(=NCC(O)(CC)CC)NCC(c1ccc(F)cc1)N1CCOCC1.I. The van der Waals surface area contributed by atoms with Gasteiger partial charge in [0.15, 0.2) is 5.96 Å². The van der Waals surface area contributed by atoms with Crippen LogP contribution < -0.4 is 10.6 Å². The van der Waals surface area contributed by atoms with Crippen LogP contribution >= 0.6 is 24.0 Å². The molecule has 1 unspecified atom stereocenters. The fraction of sp³-hybridized carbons (Fsp3) is 0.667. The summed E-state index contributed by atoms with van der Waals surface area (Å²) in [6.07, 6.45) is 1.33. The Labute approximate surface area is 191 Å². The lowest BCUT2D eigenvalue weighted by Crippen LogP contribution is -2.46. The highest BCUT2D eigenvalue weighted by atomic mass is 127. The van der Waals surface area contributed by atoms with Gasteiger partial charge in [0.25, 0.3) is 0 Å². The van der Waals surface area contributed by atoms with E-state index in [4.69, 9.17) is 4.74 Å². The van der Waals surface area contributed by atoms with Crippen LogP contribution in [0.4, 0.5) is 4.39 Å². The number of ether oxygens (including phenoxy) is 1. The van der Waals surface area contributed by atoms with Crippen molar-refractivity contribution in [2.75, 3.05) is 45.9 Å². The molecular formula is C21H36FIN4O2. The first kappa shape index (κ1) is 26.1. The molecule has 1 saturated heterocycles. The molecule has 0 spiro atoms. The number of nitrogens with zero attached hydrogens (tertiary/aromatic N) is 2. The average molecular weight is 522 g/mol. The Morgan fingerprint density at radius 2 is 1.79 bits per heavy atom. The molecule has 0 amide bonds. The van der Waals surface area contributed by atoms with Crippen LogP contribution in [-0.2, 0) is 4.74 Å². The van der Waals surface area contributed by atoms with Crippen LogP contribution in [-0.4, -0.2) is 67.5 Å². The molecule has 1 aromatic carbocycles. The van der Waals surface area contributed by atoms with Crippen molar-refractivity contribution in [2.24, 2.45) is 4.99 Å². The highest BCUT2D eigenvalue weighted by Gasteiger charge is 2.24. The Hall–Kier alpha value is -0.970. The molecular weight excluding hydrogens is 486 g/mol. The minimum Gasteiger partial charge on any atom is -0.388 e. The molecule has 0 bridgehead atoms. The van der Waals surface area contributed by atoms with Gasteiger partial charge in [-0.2, -0.15) is 0 Å². The molecule has 0 radical (unpaired) electrons. The number of guanidine groups is 1. The van der Waals surface area contributed by atoms with E-state index in [1.54, 1.807) is 0 Å². The van der Waals surface area contributed by atoms with Crippen molar-refractivity contribution in [1.82, 2.24) is 15.5 Å². The molecule has 2 rings (SSSR count). The van der Waals surface area contributed by atoms with Gasteiger partial charge < -0.3 is 20.5 Å². The lowest BCUT2D eigenvalue weighted by molar-refractivity contribution is 0.0169. The van der Waals surface area contributed by atoms with Crippen LogP contribution in [0.1, 0.15) is 45.2 Å². The largest absolute Gasteiger partial charge is 0.388 e. The topological polar surface area (TPSA) is 69.1 Å². The van der Waals surface area contributed by atoms with Gasteiger partial charge in [-0.25, -0.2) is 4.39 Å². The minimum absolute atomic E-state index is 0. The number of aliphatic hydroxyl groups is 1. The predicted molar refractivity (Wildman–Crippen MR) is 126 cm³/mol. The van der Waals surface area contributed by atoms with Crippen LogP contribution in [0, 0.1) is 5.82 Å². The van der Waals surface area contributed by atoms with Crippen LogP contribution in [0.2, 0.25) is 0 Å². The number of benzene rings is 1. The third-order valence-corrected chi connectivity index (χ3v) is 5.40. The molecule has 0 aromatic heterocycles. The van der Waals surface area contributed by atoms with E-state index in [1.165, 1.54) is 12.1 Å². The maximum atomic E-state index is 13.4. The quantitative estimate of drug-likeness (QED) is 0.265. The molecule has 0 saturated carbocycles. The number of aliphatic imine (C=N–C) groups is 1. The van der Waals surface area contributed by atoms with Gasteiger partial charge in [-0.3, -0.25) is 9.89 Å². The second kappa shape index (κ2) is 13.4. The van der Waals surface area contributed by atoms with E-state index in [9.17, 15) is 9.50 Å². The van der Waals surface area contributed by atoms with E-state index < -0.39 is 5.60 Å². The van der Waals surface area contributed by atoms with Crippen molar-refractivity contribution in [3.63, 3.8) is 0 Å². The molecule has 6 nitrogen and oxygen atoms in total. The Morgan fingerprint density at radius 1 is 1.17 bits per heavy atom. The molecule has 1 aliphatic heterocycles. The minimum atomic E-state index is -0.775. The van der Waals surface area contributed by atoms with Gasteiger partial charge in [0.1, 0.15) is 5.82 Å². The van der Waals surface area contributed by atoms with Crippen molar-refractivity contribution in [2.45, 2.75) is 45.3 Å². The Balaban J connectivity index is 0.00000420. The van der Waals surface area contributed by atoms with Crippen LogP contribution in [0.25, 0.3) is 0 Å². The van der Waals surface area contributed by atoms with Gasteiger partial charge in [-0.1, -0.05) is 26.0 Å². The lowest BCUT2D eigenvalue weighted by Gasteiger charge is -2.35. The zero-order chi connectivity index (χ0) is 20.4. The number of halogens is 2. The Morgan fingerprint density at radius 3 is 2.34 bits per heavy atom. The summed E-state index contributed by atoms with van der Waals surface area (Å²) in [4.78, 5) is 6.94. The van der Waals surface area contributed by atoms with Crippen LogP contribution in [0.5, 0.6) is 0 Å². The van der Waals surface area contributed by atoms with E-state index in [2.05, 4.69) is 20.5 Å². The maximum absolute atomic E-state index is 13.4. The van der Waals surface area contributed by atoms with Gasteiger partial charge in [0.2, 0.25) is 0 Å². The molecule has 1 fully saturated rings. The van der Waals surface area contributed by atoms with Gasteiger partial charge in [0.05, 0.1) is 31.4 Å². The number of hydrogen-bond acceptors (Lipinski definition) is 4. The van der Waals surface area contributed by atoms with E-state index in [-0.39, 0.29) is 35.8 Å². The predicted octanol–water partition coefficient (Wildman–Crippen LogP) is 2.92. The fourth-order valence-electron chi connectivity index (χ4n) is 3.27. The number of nitrogens with one attached hydrogen (secondary N) is 2.